The number of anilines is 1. The van der Waals surface area contributed by atoms with Crippen molar-refractivity contribution in [1.82, 2.24) is 0 Å². The number of carboxylic acids is 1. The van der Waals surface area contributed by atoms with Gasteiger partial charge in [-0.1, -0.05) is 12.1 Å². The molecule has 1 heterocycles. The van der Waals surface area contributed by atoms with Crippen molar-refractivity contribution >= 4 is 17.7 Å². The van der Waals surface area contributed by atoms with Crippen LogP contribution in [0.15, 0.2) is 24.3 Å². The number of halogens is 3. The van der Waals surface area contributed by atoms with E-state index in [2.05, 4.69) is 0 Å². The summed E-state index contributed by atoms with van der Waals surface area (Å²) in [6.07, 6.45) is -5.72. The van der Waals surface area contributed by atoms with E-state index >= 15 is 0 Å². The third-order valence-corrected chi connectivity index (χ3v) is 3.41. The van der Waals surface area contributed by atoms with Crippen molar-refractivity contribution in [3.63, 3.8) is 0 Å². The minimum Gasteiger partial charge on any atom is -0.481 e. The number of benzene rings is 1. The number of hydrogen-bond acceptors (Lipinski definition) is 3. The second-order valence-electron chi connectivity index (χ2n) is 5.31. The highest BCUT2D eigenvalue weighted by atomic mass is 19.4. The van der Waals surface area contributed by atoms with Crippen LogP contribution in [0.25, 0.3) is 0 Å². The predicted molar refractivity (Wildman–Crippen MR) is 70.5 cm³/mol. The van der Waals surface area contributed by atoms with Crippen molar-refractivity contribution in [1.29, 1.82) is 0 Å². The van der Waals surface area contributed by atoms with Gasteiger partial charge in [-0.2, -0.15) is 13.2 Å². The zero-order valence-corrected chi connectivity index (χ0v) is 11.7. The Morgan fingerprint density at radius 2 is 2.05 bits per heavy atom. The lowest BCUT2D eigenvalue weighted by molar-refractivity contribution is -0.138. The average Bonchev–Trinajstić information content (AvgIpc) is 2.72. The van der Waals surface area contributed by atoms with Gasteiger partial charge in [0.1, 0.15) is 5.60 Å². The minimum atomic E-state index is -4.60. The molecule has 1 N–H and O–H groups in total. The van der Waals surface area contributed by atoms with E-state index in [1.807, 2.05) is 0 Å². The van der Waals surface area contributed by atoms with E-state index < -0.39 is 29.4 Å². The molecule has 2 rings (SSSR count). The average molecular weight is 317 g/mol. The van der Waals surface area contributed by atoms with Crippen LogP contribution in [0.5, 0.6) is 0 Å². The molecule has 0 aromatic heterocycles. The molecular formula is C14H14F3NO4. The molecule has 0 spiro atoms. The molecule has 0 aliphatic carbocycles. The van der Waals surface area contributed by atoms with Gasteiger partial charge in [0.15, 0.2) is 0 Å². The number of carbonyl (C=O) groups excluding carboxylic acids is 1. The Bertz CT molecular complexity index is 602. The molecule has 1 aliphatic rings. The van der Waals surface area contributed by atoms with E-state index in [0.29, 0.717) is 0 Å². The molecule has 0 radical (unpaired) electrons. The molecule has 5 nitrogen and oxygen atoms in total. The molecule has 22 heavy (non-hydrogen) atoms. The first-order chi connectivity index (χ1) is 10.1. The summed E-state index contributed by atoms with van der Waals surface area (Å²) in [5.74, 6) is -1.06. The first-order valence-electron chi connectivity index (χ1n) is 6.51. The van der Waals surface area contributed by atoms with Crippen molar-refractivity contribution in [3.8, 4) is 0 Å². The van der Waals surface area contributed by atoms with Crippen LogP contribution in [0.4, 0.5) is 23.7 Å². The number of aliphatic carboxylic acids is 1. The van der Waals surface area contributed by atoms with E-state index in [4.69, 9.17) is 9.84 Å². The molecule has 1 aromatic rings. The normalized spacial score (nSPS) is 21.8. The van der Waals surface area contributed by atoms with E-state index in [1.54, 1.807) is 0 Å². The topological polar surface area (TPSA) is 66.8 Å². The Labute approximate surface area is 124 Å². The SMILES string of the molecule is CC1(CCC(=O)O)CN(c2ccccc2C(F)(F)F)C(=O)O1. The maximum atomic E-state index is 13.0. The Morgan fingerprint density at radius 3 is 2.64 bits per heavy atom. The summed E-state index contributed by atoms with van der Waals surface area (Å²) in [5.41, 5.74) is -2.36. The van der Waals surface area contributed by atoms with Crippen molar-refractivity contribution in [2.24, 2.45) is 0 Å². The van der Waals surface area contributed by atoms with Gasteiger partial charge >= 0.3 is 18.2 Å². The Morgan fingerprint density at radius 1 is 1.41 bits per heavy atom. The van der Waals surface area contributed by atoms with Gasteiger partial charge in [0.2, 0.25) is 0 Å². The smallest absolute Gasteiger partial charge is 0.418 e. The van der Waals surface area contributed by atoms with E-state index in [9.17, 15) is 22.8 Å². The van der Waals surface area contributed by atoms with Crippen LogP contribution in [-0.4, -0.2) is 29.3 Å². The molecular weight excluding hydrogens is 303 g/mol. The first kappa shape index (κ1) is 16.1. The largest absolute Gasteiger partial charge is 0.481 e. The van der Waals surface area contributed by atoms with Crippen molar-refractivity contribution in [3.05, 3.63) is 29.8 Å². The second kappa shape index (κ2) is 5.51. The number of carboxylic acid groups (broad SMARTS) is 1. The van der Waals surface area contributed by atoms with Gasteiger partial charge in [-0.3, -0.25) is 9.69 Å². The van der Waals surface area contributed by atoms with Crippen LogP contribution >= 0.6 is 0 Å². The molecule has 1 aliphatic heterocycles. The molecule has 1 atom stereocenters. The number of alkyl halides is 3. The van der Waals surface area contributed by atoms with Crippen LogP contribution in [0.1, 0.15) is 25.3 Å². The van der Waals surface area contributed by atoms with Crippen LogP contribution in [-0.2, 0) is 15.7 Å². The maximum Gasteiger partial charge on any atom is 0.418 e. The third-order valence-electron chi connectivity index (χ3n) is 3.41. The Hall–Kier alpha value is -2.25. The number of para-hydroxylation sites is 1. The quantitative estimate of drug-likeness (QED) is 0.925. The van der Waals surface area contributed by atoms with Crippen LogP contribution < -0.4 is 4.90 Å². The van der Waals surface area contributed by atoms with Gasteiger partial charge in [0.25, 0.3) is 0 Å². The molecule has 1 aromatic carbocycles. The van der Waals surface area contributed by atoms with Crippen molar-refractivity contribution in [2.75, 3.05) is 11.4 Å². The van der Waals surface area contributed by atoms with E-state index in [0.717, 1.165) is 11.0 Å². The number of ether oxygens (including phenoxy) is 1. The molecule has 1 fully saturated rings. The fraction of sp³-hybridized carbons (Fsp3) is 0.429. The minimum absolute atomic E-state index is 0.0265. The van der Waals surface area contributed by atoms with Crippen LogP contribution in [0, 0.1) is 0 Å². The molecule has 1 saturated heterocycles. The third kappa shape index (κ3) is 3.32. The van der Waals surface area contributed by atoms with Gasteiger partial charge < -0.3 is 9.84 Å². The summed E-state index contributed by atoms with van der Waals surface area (Å²) in [7, 11) is 0. The van der Waals surface area contributed by atoms with E-state index in [1.165, 1.54) is 25.1 Å². The van der Waals surface area contributed by atoms with Crippen LogP contribution in [0.3, 0.4) is 0 Å². The van der Waals surface area contributed by atoms with Crippen LogP contribution in [0.2, 0.25) is 0 Å². The summed E-state index contributed by atoms with van der Waals surface area (Å²) in [6.45, 7) is 1.37. The summed E-state index contributed by atoms with van der Waals surface area (Å²) in [4.78, 5) is 23.4. The lowest BCUT2D eigenvalue weighted by Gasteiger charge is -2.22. The summed E-state index contributed by atoms with van der Waals surface area (Å²) in [6, 6.07) is 4.70. The molecule has 1 amide bonds. The van der Waals surface area contributed by atoms with Gasteiger partial charge in [-0.25, -0.2) is 4.79 Å². The monoisotopic (exact) mass is 317 g/mol. The zero-order chi connectivity index (χ0) is 16.5. The first-order valence-corrected chi connectivity index (χ1v) is 6.51. The van der Waals surface area contributed by atoms with E-state index in [-0.39, 0.29) is 25.1 Å². The van der Waals surface area contributed by atoms with Crippen molar-refractivity contribution in [2.45, 2.75) is 31.5 Å². The highest BCUT2D eigenvalue weighted by Gasteiger charge is 2.45. The summed E-state index contributed by atoms with van der Waals surface area (Å²) in [5, 5.41) is 8.69. The summed E-state index contributed by atoms with van der Waals surface area (Å²) >= 11 is 0. The standard InChI is InChI=1S/C14H14F3NO4/c1-13(7-6-11(19)20)8-18(12(21)22-13)10-5-3-2-4-9(10)14(15,16)17/h2-5H,6-8H2,1H3,(H,19,20). The lowest BCUT2D eigenvalue weighted by Crippen LogP contribution is -2.32. The maximum absolute atomic E-state index is 13.0. The molecule has 0 saturated carbocycles. The van der Waals surface area contributed by atoms with Gasteiger partial charge in [-0.05, 0) is 25.5 Å². The zero-order valence-electron chi connectivity index (χ0n) is 11.7. The highest BCUT2D eigenvalue weighted by Crippen LogP contribution is 2.39. The molecule has 0 bridgehead atoms. The highest BCUT2D eigenvalue weighted by molar-refractivity contribution is 5.91. The Balaban J connectivity index is 2.28. The number of nitrogens with zero attached hydrogens (tertiary/aromatic N) is 1. The predicted octanol–water partition coefficient (Wildman–Crippen LogP) is 3.29. The number of cyclic esters (lactones) is 1. The number of rotatable bonds is 4. The number of amides is 1. The fourth-order valence-electron chi connectivity index (χ4n) is 2.33. The fourth-order valence-corrected chi connectivity index (χ4v) is 2.33. The number of hydrogen-bond donors (Lipinski definition) is 1. The molecule has 8 heteroatoms. The second-order valence-corrected chi connectivity index (χ2v) is 5.31. The molecule has 1 unspecified atom stereocenters. The molecule has 120 valence electrons. The van der Waals surface area contributed by atoms with Gasteiger partial charge in [0.05, 0.1) is 17.8 Å². The Kier molecular flexibility index (Phi) is 4.04. The number of carbonyl (C=O) groups is 2. The van der Waals surface area contributed by atoms with Gasteiger partial charge in [0, 0.05) is 6.42 Å². The lowest BCUT2D eigenvalue weighted by atomic mass is 10.00. The summed E-state index contributed by atoms with van der Waals surface area (Å²) < 4.78 is 44.1. The van der Waals surface area contributed by atoms with Crippen molar-refractivity contribution < 1.29 is 32.6 Å². The van der Waals surface area contributed by atoms with Gasteiger partial charge in [-0.15, -0.1) is 0 Å².